The van der Waals surface area contributed by atoms with Crippen molar-refractivity contribution in [1.29, 1.82) is 0 Å². The molecule has 0 aliphatic carbocycles. The van der Waals surface area contributed by atoms with Gasteiger partial charge < -0.3 is 10.5 Å². The van der Waals surface area contributed by atoms with Crippen LogP contribution in [0.4, 0.5) is 5.69 Å². The van der Waals surface area contributed by atoms with Crippen LogP contribution in [-0.2, 0) is 22.4 Å². The van der Waals surface area contributed by atoms with Gasteiger partial charge in [0.1, 0.15) is 5.82 Å². The number of esters is 1. The third kappa shape index (κ3) is 3.65. The second kappa shape index (κ2) is 7.38. The van der Waals surface area contributed by atoms with Crippen molar-refractivity contribution >= 4 is 22.7 Å². The van der Waals surface area contributed by atoms with Crippen molar-refractivity contribution in [1.82, 2.24) is 9.55 Å². The highest BCUT2D eigenvalue weighted by Crippen LogP contribution is 2.24. The number of hydrogen-bond donors (Lipinski definition) is 1. The van der Waals surface area contributed by atoms with Crippen LogP contribution in [0.5, 0.6) is 0 Å². The van der Waals surface area contributed by atoms with Crippen molar-refractivity contribution in [2.45, 2.75) is 33.1 Å². The lowest BCUT2D eigenvalue weighted by Crippen LogP contribution is -2.06. The van der Waals surface area contributed by atoms with Gasteiger partial charge in [0.15, 0.2) is 0 Å². The molecule has 2 aromatic carbocycles. The lowest BCUT2D eigenvalue weighted by molar-refractivity contribution is -0.143. The Kier molecular flexibility index (Phi) is 5.03. The molecule has 2 N–H and O–H groups in total. The molecular formula is C20H23N3O2. The van der Waals surface area contributed by atoms with Crippen LogP contribution in [0.15, 0.2) is 42.5 Å². The number of ether oxygens (including phenoxy) is 1. The summed E-state index contributed by atoms with van der Waals surface area (Å²) in [6, 6.07) is 14.1. The molecule has 0 aliphatic rings. The number of fused-ring (bicyclic) bond motifs is 1. The number of rotatable bonds is 6. The predicted octanol–water partition coefficient (Wildman–Crippen LogP) is 3.67. The molecule has 0 fully saturated rings. The molecule has 0 saturated heterocycles. The van der Waals surface area contributed by atoms with Gasteiger partial charge in [0.25, 0.3) is 0 Å². The average molecular weight is 337 g/mol. The molecular weight excluding hydrogens is 314 g/mol. The van der Waals surface area contributed by atoms with Crippen LogP contribution in [-0.4, -0.2) is 22.1 Å². The summed E-state index contributed by atoms with van der Waals surface area (Å²) in [6.45, 7) is 4.31. The number of aromatic nitrogens is 2. The topological polar surface area (TPSA) is 70.1 Å². The standard InChI is InChI=1S/C20H23N3O2/c1-3-19-22-17-13-15(21)7-10-18(17)23(19)16-8-5-14(6-9-16)11-12-25-20(24)4-2/h5-10,13H,3-4,11-12,21H2,1-2H3. The summed E-state index contributed by atoms with van der Waals surface area (Å²) >= 11 is 0. The highest BCUT2D eigenvalue weighted by atomic mass is 16.5. The molecule has 3 rings (SSSR count). The molecule has 0 bridgehead atoms. The Balaban J connectivity index is 1.85. The van der Waals surface area contributed by atoms with E-state index in [2.05, 4.69) is 35.8 Å². The molecule has 25 heavy (non-hydrogen) atoms. The predicted molar refractivity (Wildman–Crippen MR) is 99.8 cm³/mol. The van der Waals surface area contributed by atoms with Crippen molar-refractivity contribution in [2.75, 3.05) is 12.3 Å². The number of hydrogen-bond acceptors (Lipinski definition) is 4. The van der Waals surface area contributed by atoms with Gasteiger partial charge in [0, 0.05) is 30.6 Å². The number of nitrogens with zero attached hydrogens (tertiary/aromatic N) is 2. The first-order chi connectivity index (χ1) is 12.1. The van der Waals surface area contributed by atoms with E-state index in [1.807, 2.05) is 18.2 Å². The quantitative estimate of drug-likeness (QED) is 0.550. The monoisotopic (exact) mass is 337 g/mol. The lowest BCUT2D eigenvalue weighted by Gasteiger charge is -2.10. The number of aryl methyl sites for hydroxylation is 1. The van der Waals surface area contributed by atoms with Crippen molar-refractivity contribution < 1.29 is 9.53 Å². The van der Waals surface area contributed by atoms with Crippen LogP contribution in [0.2, 0.25) is 0 Å². The molecule has 0 radical (unpaired) electrons. The van der Waals surface area contributed by atoms with Gasteiger partial charge in [0.2, 0.25) is 0 Å². The van der Waals surface area contributed by atoms with Crippen molar-refractivity contribution in [3.8, 4) is 5.69 Å². The molecule has 5 nitrogen and oxygen atoms in total. The molecule has 5 heteroatoms. The summed E-state index contributed by atoms with van der Waals surface area (Å²) in [4.78, 5) is 15.9. The molecule has 3 aromatic rings. The second-order valence-corrected chi connectivity index (χ2v) is 5.96. The van der Waals surface area contributed by atoms with Crippen LogP contribution in [0, 0.1) is 0 Å². The van der Waals surface area contributed by atoms with Crippen molar-refractivity contribution in [3.63, 3.8) is 0 Å². The smallest absolute Gasteiger partial charge is 0.305 e. The van der Waals surface area contributed by atoms with E-state index in [-0.39, 0.29) is 5.97 Å². The van der Waals surface area contributed by atoms with E-state index in [1.165, 1.54) is 0 Å². The fraction of sp³-hybridized carbons (Fsp3) is 0.300. The maximum Gasteiger partial charge on any atom is 0.305 e. The number of nitrogen functional groups attached to an aromatic ring is 1. The van der Waals surface area contributed by atoms with Crippen LogP contribution in [0.1, 0.15) is 31.7 Å². The van der Waals surface area contributed by atoms with Gasteiger partial charge in [-0.05, 0) is 35.9 Å². The molecule has 0 atom stereocenters. The average Bonchev–Trinajstić information content (AvgIpc) is 2.99. The highest BCUT2D eigenvalue weighted by molar-refractivity contribution is 5.81. The zero-order chi connectivity index (χ0) is 17.8. The number of nitrogens with two attached hydrogens (primary N) is 1. The van der Waals surface area contributed by atoms with Gasteiger partial charge in [-0.1, -0.05) is 26.0 Å². The summed E-state index contributed by atoms with van der Waals surface area (Å²) in [6.07, 6.45) is 1.97. The van der Waals surface area contributed by atoms with Crippen LogP contribution < -0.4 is 5.73 Å². The molecule has 0 spiro atoms. The Morgan fingerprint density at radius 3 is 2.60 bits per heavy atom. The third-order valence-corrected chi connectivity index (χ3v) is 4.20. The van der Waals surface area contributed by atoms with Gasteiger partial charge in [-0.15, -0.1) is 0 Å². The number of carbonyl (C=O) groups is 1. The maximum absolute atomic E-state index is 11.2. The number of carbonyl (C=O) groups excluding carboxylic acids is 1. The Hall–Kier alpha value is -2.82. The number of benzene rings is 2. The zero-order valence-electron chi connectivity index (χ0n) is 14.7. The highest BCUT2D eigenvalue weighted by Gasteiger charge is 2.11. The minimum absolute atomic E-state index is 0.159. The minimum atomic E-state index is -0.159. The van der Waals surface area contributed by atoms with Crippen molar-refractivity contribution in [3.05, 3.63) is 53.9 Å². The van der Waals surface area contributed by atoms with Crippen LogP contribution in [0.25, 0.3) is 16.7 Å². The van der Waals surface area contributed by atoms with E-state index < -0.39 is 0 Å². The van der Waals surface area contributed by atoms with Crippen LogP contribution in [0.3, 0.4) is 0 Å². The first-order valence-corrected chi connectivity index (χ1v) is 8.64. The summed E-state index contributed by atoms with van der Waals surface area (Å²) in [5.41, 5.74) is 10.8. The van der Waals surface area contributed by atoms with Gasteiger partial charge in [-0.2, -0.15) is 0 Å². The first-order valence-electron chi connectivity index (χ1n) is 8.64. The van der Waals surface area contributed by atoms with E-state index in [0.717, 1.165) is 40.2 Å². The molecule has 0 unspecified atom stereocenters. The Morgan fingerprint density at radius 2 is 1.92 bits per heavy atom. The van der Waals surface area contributed by atoms with Gasteiger partial charge in [0.05, 0.1) is 17.6 Å². The summed E-state index contributed by atoms with van der Waals surface area (Å²) in [5, 5.41) is 0. The number of anilines is 1. The summed E-state index contributed by atoms with van der Waals surface area (Å²) in [7, 11) is 0. The second-order valence-electron chi connectivity index (χ2n) is 5.96. The largest absolute Gasteiger partial charge is 0.465 e. The lowest BCUT2D eigenvalue weighted by atomic mass is 10.1. The minimum Gasteiger partial charge on any atom is -0.465 e. The zero-order valence-corrected chi connectivity index (χ0v) is 14.7. The maximum atomic E-state index is 11.2. The van der Waals surface area contributed by atoms with E-state index in [9.17, 15) is 4.79 Å². The van der Waals surface area contributed by atoms with Crippen LogP contribution >= 0.6 is 0 Å². The van der Waals surface area contributed by atoms with Gasteiger partial charge >= 0.3 is 5.97 Å². The van der Waals surface area contributed by atoms with Crippen molar-refractivity contribution in [2.24, 2.45) is 0 Å². The van der Waals surface area contributed by atoms with E-state index in [1.54, 1.807) is 6.92 Å². The van der Waals surface area contributed by atoms with Gasteiger partial charge in [-0.3, -0.25) is 9.36 Å². The van der Waals surface area contributed by atoms with E-state index >= 15 is 0 Å². The molecule has 0 amide bonds. The Morgan fingerprint density at radius 1 is 1.16 bits per heavy atom. The first kappa shape index (κ1) is 17.0. The number of imidazole rings is 1. The fourth-order valence-corrected chi connectivity index (χ4v) is 2.87. The Bertz CT molecular complexity index is 882. The molecule has 1 heterocycles. The molecule has 0 aliphatic heterocycles. The van der Waals surface area contributed by atoms with Gasteiger partial charge in [-0.25, -0.2) is 4.98 Å². The van der Waals surface area contributed by atoms with E-state index in [4.69, 9.17) is 15.5 Å². The van der Waals surface area contributed by atoms with E-state index in [0.29, 0.717) is 19.4 Å². The third-order valence-electron chi connectivity index (χ3n) is 4.20. The normalized spacial score (nSPS) is 11.0. The molecule has 130 valence electrons. The summed E-state index contributed by atoms with van der Waals surface area (Å²) in [5.74, 6) is 0.846. The SMILES string of the molecule is CCC(=O)OCCc1ccc(-n2c(CC)nc3cc(N)ccc32)cc1. The summed E-state index contributed by atoms with van der Waals surface area (Å²) < 4.78 is 7.30. The molecule has 1 aromatic heterocycles. The molecule has 0 saturated carbocycles. The fourth-order valence-electron chi connectivity index (χ4n) is 2.87. The Labute approximate surface area is 147 Å².